The highest BCUT2D eigenvalue weighted by atomic mass is 32.2. The van der Waals surface area contributed by atoms with E-state index in [1.165, 1.54) is 30.0 Å². The van der Waals surface area contributed by atoms with Gasteiger partial charge < -0.3 is 15.5 Å². The lowest BCUT2D eigenvalue weighted by Crippen LogP contribution is -2.61. The third kappa shape index (κ3) is 4.15. The maximum absolute atomic E-state index is 13.7. The van der Waals surface area contributed by atoms with Crippen LogP contribution in [0, 0.1) is 28.6 Å². The summed E-state index contributed by atoms with van der Waals surface area (Å²) >= 11 is 2.80. The van der Waals surface area contributed by atoms with Gasteiger partial charge >= 0.3 is 0 Å². The molecule has 39 heavy (non-hydrogen) atoms. The van der Waals surface area contributed by atoms with Gasteiger partial charge in [0.1, 0.15) is 5.60 Å². The molecule has 3 fully saturated rings. The molecule has 0 aliphatic heterocycles. The normalized spacial score (nSPS) is 37.2. The van der Waals surface area contributed by atoms with Crippen molar-refractivity contribution in [2.75, 3.05) is 11.1 Å². The predicted octanol–water partition coefficient (Wildman–Crippen LogP) is 4.93. The highest BCUT2D eigenvalue weighted by molar-refractivity contribution is 8.01. The number of rotatable bonds is 5. The molecule has 2 aromatic rings. The minimum Gasteiger partial charge on any atom is -0.393 e. The first-order valence-electron chi connectivity index (χ1n) is 13.6. The van der Waals surface area contributed by atoms with Crippen molar-refractivity contribution in [1.82, 2.24) is 4.98 Å². The summed E-state index contributed by atoms with van der Waals surface area (Å²) in [7, 11) is 0. The Morgan fingerprint density at radius 3 is 2.82 bits per heavy atom. The molecule has 0 saturated heterocycles. The van der Waals surface area contributed by atoms with Crippen LogP contribution < -0.4 is 5.32 Å². The minimum absolute atomic E-state index is 0.00990. The Morgan fingerprint density at radius 2 is 2.05 bits per heavy atom. The average Bonchev–Trinajstić information content (AvgIpc) is 3.40. The number of amides is 1. The van der Waals surface area contributed by atoms with E-state index in [2.05, 4.69) is 17.2 Å². The molecule has 0 spiro atoms. The SMILES string of the molecule is CC(=O)Nc1ccc2nc(SCC(=O)[C@@]3(O)CCC4C5CCC6=CC(=O)C=CC6(C)C5[C@@H](O)CC43C)sc2c1. The molecule has 1 heterocycles. The molecule has 7 nitrogen and oxygen atoms in total. The number of ketones is 2. The molecule has 5 unspecified atom stereocenters. The number of thiazole rings is 1. The van der Waals surface area contributed by atoms with Crippen molar-refractivity contribution in [3.05, 3.63) is 42.0 Å². The third-order valence-electron chi connectivity index (χ3n) is 10.1. The van der Waals surface area contributed by atoms with Crippen LogP contribution in [0.3, 0.4) is 0 Å². The van der Waals surface area contributed by atoms with E-state index in [9.17, 15) is 24.6 Å². The van der Waals surface area contributed by atoms with Gasteiger partial charge in [-0.2, -0.15) is 0 Å². The fourth-order valence-electron chi connectivity index (χ4n) is 8.28. The fraction of sp³-hybridized carbons (Fsp3) is 0.533. The summed E-state index contributed by atoms with van der Waals surface area (Å²) in [6, 6.07) is 5.53. The van der Waals surface area contributed by atoms with Gasteiger partial charge in [-0.1, -0.05) is 37.3 Å². The number of carbonyl (C=O) groups excluding carboxylic acids is 3. The topological polar surface area (TPSA) is 117 Å². The Kier molecular flexibility index (Phi) is 6.45. The number of nitrogens with zero attached hydrogens (tertiary/aromatic N) is 1. The number of hydrogen-bond acceptors (Lipinski definition) is 8. The Morgan fingerprint density at radius 1 is 1.26 bits per heavy atom. The Hall–Kier alpha value is -2.33. The van der Waals surface area contributed by atoms with Crippen molar-refractivity contribution >= 4 is 56.5 Å². The summed E-state index contributed by atoms with van der Waals surface area (Å²) in [5.74, 6) is 0.0508. The second kappa shape index (κ2) is 9.36. The largest absolute Gasteiger partial charge is 0.393 e. The zero-order chi connectivity index (χ0) is 27.7. The van der Waals surface area contributed by atoms with E-state index in [1.54, 1.807) is 18.2 Å². The van der Waals surface area contributed by atoms with Crippen molar-refractivity contribution in [2.45, 2.75) is 68.9 Å². The Balaban J connectivity index is 1.20. The molecule has 206 valence electrons. The van der Waals surface area contributed by atoms with Gasteiger partial charge in [-0.3, -0.25) is 14.4 Å². The van der Waals surface area contributed by atoms with Crippen LogP contribution in [0.15, 0.2) is 46.3 Å². The smallest absolute Gasteiger partial charge is 0.221 e. The highest BCUT2D eigenvalue weighted by Gasteiger charge is 2.68. The van der Waals surface area contributed by atoms with Gasteiger partial charge in [-0.15, -0.1) is 11.3 Å². The summed E-state index contributed by atoms with van der Waals surface area (Å²) < 4.78 is 1.66. The van der Waals surface area contributed by atoms with E-state index in [1.807, 2.05) is 25.1 Å². The second-order valence-corrected chi connectivity index (χ2v) is 14.4. The number of aliphatic hydroxyl groups excluding tert-OH is 1. The average molecular weight is 567 g/mol. The zero-order valence-corrected chi connectivity index (χ0v) is 24.0. The molecule has 0 radical (unpaired) electrons. The molecule has 6 rings (SSSR count). The lowest BCUT2D eigenvalue weighted by molar-refractivity contribution is -0.174. The molecule has 3 saturated carbocycles. The van der Waals surface area contributed by atoms with E-state index in [0.717, 1.165) is 39.4 Å². The first kappa shape index (κ1) is 26.9. The monoisotopic (exact) mass is 566 g/mol. The van der Waals surface area contributed by atoms with E-state index in [0.29, 0.717) is 18.5 Å². The number of fused-ring (bicyclic) bond motifs is 6. The molecule has 4 aliphatic rings. The number of benzene rings is 1. The van der Waals surface area contributed by atoms with Gasteiger partial charge in [0.05, 0.1) is 22.1 Å². The van der Waals surface area contributed by atoms with Crippen LogP contribution in [0.2, 0.25) is 0 Å². The summed E-state index contributed by atoms with van der Waals surface area (Å²) in [5, 5.41) is 26.3. The van der Waals surface area contributed by atoms with Gasteiger partial charge in [0.15, 0.2) is 15.9 Å². The van der Waals surface area contributed by atoms with Gasteiger partial charge in [0, 0.05) is 29.4 Å². The second-order valence-electron chi connectivity index (χ2n) is 12.2. The van der Waals surface area contributed by atoms with Crippen LogP contribution in [0.4, 0.5) is 5.69 Å². The van der Waals surface area contributed by atoms with Crippen molar-refractivity contribution < 1.29 is 24.6 Å². The molecule has 4 aliphatic carbocycles. The standard InChI is InChI=1S/C30H34N2O5S2/c1-16(33)31-18-5-7-22-24(13-18)39-27(32-22)38-15-25(36)30(37)11-9-21-20-6-4-17-12-19(34)8-10-28(17,2)26(20)23(35)14-29(21,30)3/h5,7-8,10,12-13,20-21,23,26,35,37H,4,6,9,11,14-15H2,1-3H3,(H,31,33)/t20?,21?,23-,26?,28?,29?,30-/m0/s1. The maximum atomic E-state index is 13.7. The van der Waals surface area contributed by atoms with Crippen LogP contribution in [-0.4, -0.2) is 50.1 Å². The summed E-state index contributed by atoms with van der Waals surface area (Å²) in [5.41, 5.74) is 0.0211. The number of aromatic nitrogens is 1. The summed E-state index contributed by atoms with van der Waals surface area (Å²) in [4.78, 5) is 41.8. The molecule has 1 amide bonds. The molecule has 7 atom stereocenters. The first-order chi connectivity index (χ1) is 18.4. The van der Waals surface area contributed by atoms with E-state index < -0.39 is 17.1 Å². The number of thioether (sulfide) groups is 1. The molecule has 1 aromatic heterocycles. The first-order valence-corrected chi connectivity index (χ1v) is 15.4. The van der Waals surface area contributed by atoms with Crippen LogP contribution in [0.1, 0.15) is 52.9 Å². The van der Waals surface area contributed by atoms with E-state index in [-0.39, 0.29) is 46.4 Å². The Bertz CT molecular complexity index is 1450. The molecule has 3 N–H and O–H groups in total. The number of anilines is 1. The van der Waals surface area contributed by atoms with Gasteiger partial charge in [0.2, 0.25) is 5.91 Å². The molecule has 1 aromatic carbocycles. The van der Waals surface area contributed by atoms with Gasteiger partial charge in [0.25, 0.3) is 0 Å². The lowest BCUT2D eigenvalue weighted by atomic mass is 9.46. The number of Topliss-reactive ketones (excluding diaryl/α,β-unsaturated/α-hetero) is 1. The molecular weight excluding hydrogens is 532 g/mol. The maximum Gasteiger partial charge on any atom is 0.221 e. The van der Waals surface area contributed by atoms with Crippen molar-refractivity contribution in [2.24, 2.45) is 28.6 Å². The predicted molar refractivity (Wildman–Crippen MR) is 153 cm³/mol. The van der Waals surface area contributed by atoms with Crippen molar-refractivity contribution in [3.63, 3.8) is 0 Å². The van der Waals surface area contributed by atoms with Crippen LogP contribution in [-0.2, 0) is 14.4 Å². The van der Waals surface area contributed by atoms with Crippen molar-refractivity contribution in [1.29, 1.82) is 0 Å². The molecule has 9 heteroatoms. The van der Waals surface area contributed by atoms with Gasteiger partial charge in [-0.25, -0.2) is 4.98 Å². The third-order valence-corrected chi connectivity index (χ3v) is 12.3. The fourth-order valence-corrected chi connectivity index (χ4v) is 10.4. The highest BCUT2D eigenvalue weighted by Crippen LogP contribution is 2.67. The van der Waals surface area contributed by atoms with Gasteiger partial charge in [-0.05, 0) is 74.3 Å². The quantitative estimate of drug-likeness (QED) is 0.440. The van der Waals surface area contributed by atoms with Crippen molar-refractivity contribution in [3.8, 4) is 0 Å². The number of hydrogen-bond donors (Lipinski definition) is 3. The van der Waals surface area contributed by atoms with Crippen LogP contribution in [0.25, 0.3) is 10.2 Å². The van der Waals surface area contributed by atoms with Crippen LogP contribution in [0.5, 0.6) is 0 Å². The zero-order valence-electron chi connectivity index (χ0n) is 22.4. The number of nitrogens with one attached hydrogen (secondary N) is 1. The number of carbonyl (C=O) groups is 3. The molecular formula is C30H34N2O5S2. The minimum atomic E-state index is -1.50. The number of aliphatic hydroxyl groups is 2. The summed E-state index contributed by atoms with van der Waals surface area (Å²) in [6.07, 6.45) is 7.85. The number of allylic oxidation sites excluding steroid dienone is 4. The molecule has 0 bridgehead atoms. The Labute approximate surface area is 236 Å². The van der Waals surface area contributed by atoms with E-state index >= 15 is 0 Å². The van der Waals surface area contributed by atoms with E-state index in [4.69, 9.17) is 0 Å². The lowest BCUT2D eigenvalue weighted by Gasteiger charge is -2.59. The summed E-state index contributed by atoms with van der Waals surface area (Å²) in [6.45, 7) is 5.60. The van der Waals surface area contributed by atoms with Crippen LogP contribution >= 0.6 is 23.1 Å².